The molecule has 3 rings (SSSR count). The lowest BCUT2D eigenvalue weighted by atomic mass is 10.0. The molecule has 1 atom stereocenters. The number of hydrogen-bond donors (Lipinski definition) is 2. The standard InChI is InChI=1S/C16H15BrN4O2/c17-12-3-1-11(2-4-12)13-9-14(20-19-13)15(22)21-8-6-16(23,10-21)5-7-18/h1-4,9,23H,5-6,8,10H2,(H,19,20). The smallest absolute Gasteiger partial charge is 0.271 e. The fraction of sp³-hybridized carbons (Fsp3) is 0.312. The zero-order valence-electron chi connectivity index (χ0n) is 12.3. The van der Waals surface area contributed by atoms with E-state index in [9.17, 15) is 9.90 Å². The highest BCUT2D eigenvalue weighted by Gasteiger charge is 2.38. The molecule has 1 fully saturated rings. The van der Waals surface area contributed by atoms with Crippen LogP contribution in [0.5, 0.6) is 0 Å². The topological polar surface area (TPSA) is 93.0 Å². The number of aromatic nitrogens is 2. The number of rotatable bonds is 3. The summed E-state index contributed by atoms with van der Waals surface area (Å²) in [5.41, 5.74) is 0.876. The first-order chi connectivity index (χ1) is 11.0. The average molecular weight is 375 g/mol. The molecule has 1 saturated heterocycles. The van der Waals surface area contributed by atoms with Crippen LogP contribution >= 0.6 is 15.9 Å². The molecule has 1 aromatic heterocycles. The summed E-state index contributed by atoms with van der Waals surface area (Å²) in [5.74, 6) is -0.213. The molecule has 0 aliphatic carbocycles. The quantitative estimate of drug-likeness (QED) is 0.861. The van der Waals surface area contributed by atoms with E-state index in [0.29, 0.717) is 24.4 Å². The third kappa shape index (κ3) is 3.28. The maximum atomic E-state index is 12.5. The van der Waals surface area contributed by atoms with E-state index >= 15 is 0 Å². The number of amides is 1. The molecule has 0 saturated carbocycles. The lowest BCUT2D eigenvalue weighted by Crippen LogP contribution is -2.35. The van der Waals surface area contributed by atoms with Gasteiger partial charge in [0.25, 0.3) is 5.91 Å². The molecule has 118 valence electrons. The van der Waals surface area contributed by atoms with E-state index in [-0.39, 0.29) is 18.9 Å². The van der Waals surface area contributed by atoms with Crippen LogP contribution in [-0.4, -0.2) is 44.8 Å². The van der Waals surface area contributed by atoms with E-state index in [1.807, 2.05) is 30.3 Å². The first-order valence-corrected chi connectivity index (χ1v) is 8.00. The third-order valence-corrected chi connectivity index (χ3v) is 4.50. The molecule has 2 aromatic rings. The number of nitriles is 1. The molecule has 6 nitrogen and oxygen atoms in total. The number of β-amino-alcohol motifs (C(OH)–C–C–N with tert-alkyl or cyclic N) is 1. The first-order valence-electron chi connectivity index (χ1n) is 7.21. The van der Waals surface area contributed by atoms with E-state index in [1.54, 1.807) is 11.0 Å². The van der Waals surface area contributed by atoms with E-state index in [4.69, 9.17) is 5.26 Å². The van der Waals surface area contributed by atoms with Crippen molar-refractivity contribution in [3.8, 4) is 17.3 Å². The Morgan fingerprint density at radius 2 is 2.22 bits per heavy atom. The molecule has 1 amide bonds. The van der Waals surface area contributed by atoms with Gasteiger partial charge in [0.05, 0.1) is 30.3 Å². The summed E-state index contributed by atoms with van der Waals surface area (Å²) in [6.45, 7) is 0.607. The van der Waals surface area contributed by atoms with Crippen molar-refractivity contribution in [1.82, 2.24) is 15.1 Å². The van der Waals surface area contributed by atoms with Crippen LogP contribution in [0.1, 0.15) is 23.3 Å². The summed E-state index contributed by atoms with van der Waals surface area (Å²) in [6.07, 6.45) is 0.448. The van der Waals surface area contributed by atoms with Crippen molar-refractivity contribution in [2.24, 2.45) is 0 Å². The second-order valence-electron chi connectivity index (χ2n) is 5.71. The Labute approximate surface area is 141 Å². The molecule has 1 aliphatic rings. The van der Waals surface area contributed by atoms with Gasteiger partial charge in [0.2, 0.25) is 0 Å². The van der Waals surface area contributed by atoms with Crippen molar-refractivity contribution in [1.29, 1.82) is 5.26 Å². The Balaban J connectivity index is 1.75. The minimum atomic E-state index is -1.10. The highest BCUT2D eigenvalue weighted by atomic mass is 79.9. The van der Waals surface area contributed by atoms with Crippen LogP contribution in [-0.2, 0) is 0 Å². The number of hydrogen-bond acceptors (Lipinski definition) is 4. The molecule has 7 heteroatoms. The van der Waals surface area contributed by atoms with Crippen molar-refractivity contribution in [3.05, 3.63) is 40.5 Å². The molecule has 0 radical (unpaired) electrons. The number of H-pyrrole nitrogens is 1. The van der Waals surface area contributed by atoms with Gasteiger partial charge in [-0.1, -0.05) is 28.1 Å². The van der Waals surface area contributed by atoms with Crippen molar-refractivity contribution in [2.45, 2.75) is 18.4 Å². The van der Waals surface area contributed by atoms with Gasteiger partial charge < -0.3 is 10.0 Å². The van der Waals surface area contributed by atoms with E-state index in [1.165, 1.54) is 0 Å². The Bertz CT molecular complexity index is 765. The maximum absolute atomic E-state index is 12.5. The zero-order chi connectivity index (χ0) is 16.4. The van der Waals surface area contributed by atoms with Gasteiger partial charge in [-0.25, -0.2) is 0 Å². The van der Waals surface area contributed by atoms with Gasteiger partial charge in [-0.05, 0) is 24.6 Å². The fourth-order valence-corrected chi connectivity index (χ4v) is 2.96. The van der Waals surface area contributed by atoms with Gasteiger partial charge in [-0.2, -0.15) is 10.4 Å². The van der Waals surface area contributed by atoms with E-state index in [2.05, 4.69) is 26.1 Å². The monoisotopic (exact) mass is 374 g/mol. The van der Waals surface area contributed by atoms with Crippen LogP contribution in [0.3, 0.4) is 0 Å². The Kier molecular flexibility index (Phi) is 4.20. The van der Waals surface area contributed by atoms with Crippen LogP contribution < -0.4 is 0 Å². The molecule has 0 spiro atoms. The van der Waals surface area contributed by atoms with Gasteiger partial charge in [-0.15, -0.1) is 0 Å². The SMILES string of the molecule is N#CCC1(O)CCN(C(=O)c2cc(-c3ccc(Br)cc3)n[nH]2)C1. The fourth-order valence-electron chi connectivity index (χ4n) is 2.69. The molecule has 1 aliphatic heterocycles. The van der Waals surface area contributed by atoms with Gasteiger partial charge in [0.15, 0.2) is 0 Å². The molecular formula is C16H15BrN4O2. The van der Waals surface area contributed by atoms with Crippen molar-refractivity contribution in [2.75, 3.05) is 13.1 Å². The van der Waals surface area contributed by atoms with Gasteiger partial charge in [0.1, 0.15) is 5.69 Å². The third-order valence-electron chi connectivity index (χ3n) is 3.98. The van der Waals surface area contributed by atoms with Crippen molar-refractivity contribution < 1.29 is 9.90 Å². The molecule has 23 heavy (non-hydrogen) atoms. The summed E-state index contributed by atoms with van der Waals surface area (Å²) in [4.78, 5) is 14.0. The minimum absolute atomic E-state index is 0.0316. The largest absolute Gasteiger partial charge is 0.387 e. The lowest BCUT2D eigenvalue weighted by molar-refractivity contribution is 0.0475. The van der Waals surface area contributed by atoms with E-state index < -0.39 is 5.60 Å². The molecular weight excluding hydrogens is 360 g/mol. The van der Waals surface area contributed by atoms with Crippen LogP contribution in [0.25, 0.3) is 11.3 Å². The number of aliphatic hydroxyl groups is 1. The zero-order valence-corrected chi connectivity index (χ0v) is 13.9. The maximum Gasteiger partial charge on any atom is 0.271 e. The van der Waals surface area contributed by atoms with Crippen molar-refractivity contribution in [3.63, 3.8) is 0 Å². The normalized spacial score (nSPS) is 20.5. The number of benzene rings is 1. The molecule has 0 bridgehead atoms. The summed E-state index contributed by atoms with van der Waals surface area (Å²) < 4.78 is 0.974. The Hall–Kier alpha value is -2.17. The molecule has 1 aromatic carbocycles. The molecule has 2 heterocycles. The Morgan fingerprint density at radius 1 is 1.48 bits per heavy atom. The van der Waals surface area contributed by atoms with Gasteiger partial charge in [0, 0.05) is 16.6 Å². The number of carbonyl (C=O) groups excluding carboxylic acids is 1. The van der Waals surface area contributed by atoms with E-state index in [0.717, 1.165) is 10.0 Å². The highest BCUT2D eigenvalue weighted by molar-refractivity contribution is 9.10. The molecule has 2 N–H and O–H groups in total. The van der Waals surface area contributed by atoms with Gasteiger partial charge >= 0.3 is 0 Å². The Morgan fingerprint density at radius 3 is 2.91 bits per heavy atom. The number of nitrogens with one attached hydrogen (secondary N) is 1. The number of nitrogens with zero attached hydrogens (tertiary/aromatic N) is 3. The van der Waals surface area contributed by atoms with Gasteiger partial charge in [-0.3, -0.25) is 9.89 Å². The summed E-state index contributed by atoms with van der Waals surface area (Å²) in [7, 11) is 0. The average Bonchev–Trinajstić information content (AvgIpc) is 3.15. The first kappa shape index (κ1) is 15.7. The van der Waals surface area contributed by atoms with Crippen LogP contribution in [0.2, 0.25) is 0 Å². The second kappa shape index (κ2) is 6.14. The molecule has 1 unspecified atom stereocenters. The minimum Gasteiger partial charge on any atom is -0.387 e. The lowest BCUT2D eigenvalue weighted by Gasteiger charge is -2.20. The summed E-state index contributed by atoms with van der Waals surface area (Å²) in [6, 6.07) is 11.3. The number of likely N-dealkylation sites (tertiary alicyclic amines) is 1. The summed E-state index contributed by atoms with van der Waals surface area (Å²) >= 11 is 3.38. The van der Waals surface area contributed by atoms with Crippen LogP contribution in [0.15, 0.2) is 34.8 Å². The predicted molar refractivity (Wildman–Crippen MR) is 87.4 cm³/mol. The highest BCUT2D eigenvalue weighted by Crippen LogP contribution is 2.26. The predicted octanol–water partition coefficient (Wildman–Crippen LogP) is 2.33. The van der Waals surface area contributed by atoms with Crippen LogP contribution in [0.4, 0.5) is 0 Å². The summed E-state index contributed by atoms with van der Waals surface area (Å²) in [5, 5.41) is 25.9. The van der Waals surface area contributed by atoms with Crippen LogP contribution in [0, 0.1) is 11.3 Å². The number of halogens is 1. The van der Waals surface area contributed by atoms with Crippen molar-refractivity contribution >= 4 is 21.8 Å². The number of carbonyl (C=O) groups is 1. The second-order valence-corrected chi connectivity index (χ2v) is 6.63. The number of aromatic amines is 1.